The fourth-order valence-electron chi connectivity index (χ4n) is 5.70. The number of hydrogen-bond donors (Lipinski definition) is 1. The largest absolute Gasteiger partial charge is 0.444 e. The summed E-state index contributed by atoms with van der Waals surface area (Å²) in [5, 5.41) is 5.22. The lowest BCUT2D eigenvalue weighted by molar-refractivity contribution is 0.0206. The molecular formula is C37H38N6O4. The van der Waals surface area contributed by atoms with E-state index in [0.29, 0.717) is 47.6 Å². The summed E-state index contributed by atoms with van der Waals surface area (Å²) < 4.78 is 12.2. The fourth-order valence-corrected chi connectivity index (χ4v) is 5.70. The number of fused-ring (bicyclic) bond motifs is 1. The molecule has 3 aromatic heterocycles. The van der Waals surface area contributed by atoms with Gasteiger partial charge < -0.3 is 19.7 Å². The summed E-state index contributed by atoms with van der Waals surface area (Å²) in [6.07, 6.45) is 6.65. The highest BCUT2D eigenvalue weighted by atomic mass is 16.6. The number of aryl methyl sites for hydroxylation is 1. The van der Waals surface area contributed by atoms with Gasteiger partial charge in [0.25, 0.3) is 0 Å². The topological polar surface area (TPSA) is 119 Å². The minimum atomic E-state index is -0.551. The standard InChI is InChI=1S/C37H38N6O4/c1-24-15-16-27-25(22-32(44)31-14-5-6-18-38-31)10-7-12-28(27)33(24)46-34-29(13-8-19-39-34)30-17-20-40-35(42-30)41-26-11-9-21-43(23-26)36(45)47-37(2,3)4/h5-8,10,12-20,26H,9,11,21-23H2,1-4H3,(H,40,41,42)/t26-/m0/s1. The number of anilines is 1. The van der Waals surface area contributed by atoms with Crippen molar-refractivity contribution < 1.29 is 19.1 Å². The minimum absolute atomic E-state index is 0.0202. The first-order valence-electron chi connectivity index (χ1n) is 15.8. The number of aromatic nitrogens is 4. The van der Waals surface area contributed by atoms with Crippen LogP contribution in [0.3, 0.4) is 0 Å². The number of piperidine rings is 1. The Hall–Kier alpha value is -5.38. The summed E-state index contributed by atoms with van der Waals surface area (Å²) >= 11 is 0. The molecule has 0 radical (unpaired) electrons. The van der Waals surface area contributed by atoms with Crippen LogP contribution in [0.25, 0.3) is 22.0 Å². The second-order valence-corrected chi connectivity index (χ2v) is 12.7. The average molecular weight is 631 g/mol. The van der Waals surface area contributed by atoms with E-state index < -0.39 is 5.60 Å². The molecule has 2 aromatic carbocycles. The molecule has 1 atom stereocenters. The molecule has 1 aliphatic heterocycles. The SMILES string of the molecule is Cc1ccc2c(CC(=O)c3ccccn3)cccc2c1Oc1ncccc1-c1ccnc(N[C@H]2CCCN(C(=O)OC(C)(C)C)C2)n1. The smallest absolute Gasteiger partial charge is 0.410 e. The van der Waals surface area contributed by atoms with Crippen molar-refractivity contribution in [2.45, 2.75) is 58.6 Å². The van der Waals surface area contributed by atoms with Crippen LogP contribution in [0, 0.1) is 6.92 Å². The van der Waals surface area contributed by atoms with Crippen LogP contribution in [0.4, 0.5) is 10.7 Å². The van der Waals surface area contributed by atoms with E-state index in [2.05, 4.69) is 20.3 Å². The summed E-state index contributed by atoms with van der Waals surface area (Å²) in [7, 11) is 0. The number of Topliss-reactive ketones (excluding diaryl/α,β-unsaturated/α-hetero) is 1. The Balaban J connectivity index is 1.24. The molecule has 0 spiro atoms. The van der Waals surface area contributed by atoms with E-state index in [-0.39, 0.29) is 24.3 Å². The molecule has 1 saturated heterocycles. The van der Waals surface area contributed by atoms with E-state index in [1.165, 1.54) is 0 Å². The summed E-state index contributed by atoms with van der Waals surface area (Å²) in [5.41, 5.74) is 3.06. The van der Waals surface area contributed by atoms with Gasteiger partial charge in [0, 0.05) is 49.5 Å². The average Bonchev–Trinajstić information content (AvgIpc) is 3.06. The van der Waals surface area contributed by atoms with E-state index >= 15 is 0 Å². The Labute approximate surface area is 274 Å². The van der Waals surface area contributed by atoms with E-state index in [1.54, 1.807) is 35.6 Å². The van der Waals surface area contributed by atoms with Crippen molar-refractivity contribution in [3.8, 4) is 22.9 Å². The molecule has 1 fully saturated rings. The summed E-state index contributed by atoms with van der Waals surface area (Å²) in [6, 6.07) is 20.8. The third-order valence-electron chi connectivity index (χ3n) is 7.91. The molecule has 0 bridgehead atoms. The maximum absolute atomic E-state index is 13.0. The van der Waals surface area contributed by atoms with Gasteiger partial charge >= 0.3 is 6.09 Å². The zero-order chi connectivity index (χ0) is 33.0. The molecule has 1 N–H and O–H groups in total. The third kappa shape index (κ3) is 7.54. The first-order valence-corrected chi connectivity index (χ1v) is 15.8. The number of hydrogen-bond acceptors (Lipinski definition) is 9. The van der Waals surface area contributed by atoms with Gasteiger partial charge in [-0.3, -0.25) is 9.78 Å². The van der Waals surface area contributed by atoms with Crippen molar-refractivity contribution in [2.24, 2.45) is 0 Å². The molecule has 10 heteroatoms. The lowest BCUT2D eigenvalue weighted by atomic mass is 9.97. The van der Waals surface area contributed by atoms with Gasteiger partial charge in [-0.15, -0.1) is 0 Å². The van der Waals surface area contributed by atoms with Gasteiger partial charge in [0.15, 0.2) is 5.78 Å². The van der Waals surface area contributed by atoms with Gasteiger partial charge in [-0.05, 0) is 87.4 Å². The van der Waals surface area contributed by atoms with Gasteiger partial charge in [0.2, 0.25) is 11.8 Å². The lowest BCUT2D eigenvalue weighted by Gasteiger charge is -2.34. The van der Waals surface area contributed by atoms with E-state index in [4.69, 9.17) is 14.5 Å². The maximum Gasteiger partial charge on any atom is 0.410 e. The molecule has 0 unspecified atom stereocenters. The molecule has 47 heavy (non-hydrogen) atoms. The zero-order valence-corrected chi connectivity index (χ0v) is 27.1. The van der Waals surface area contributed by atoms with E-state index in [9.17, 15) is 9.59 Å². The summed E-state index contributed by atoms with van der Waals surface area (Å²) in [4.78, 5) is 45.5. The monoisotopic (exact) mass is 630 g/mol. The Morgan fingerprint density at radius 3 is 2.57 bits per heavy atom. The molecular weight excluding hydrogens is 592 g/mol. The van der Waals surface area contributed by atoms with Crippen LogP contribution in [0.1, 0.15) is 55.2 Å². The van der Waals surface area contributed by atoms with Crippen LogP contribution in [0.2, 0.25) is 0 Å². The lowest BCUT2D eigenvalue weighted by Crippen LogP contribution is -2.47. The first-order chi connectivity index (χ1) is 22.6. The van der Waals surface area contributed by atoms with Gasteiger partial charge in [0.1, 0.15) is 17.0 Å². The van der Waals surface area contributed by atoms with Crippen LogP contribution < -0.4 is 10.1 Å². The van der Waals surface area contributed by atoms with E-state index in [0.717, 1.165) is 34.7 Å². The quantitative estimate of drug-likeness (QED) is 0.175. The van der Waals surface area contributed by atoms with Crippen LogP contribution >= 0.6 is 0 Å². The Kier molecular flexibility index (Phi) is 9.10. The molecule has 5 aromatic rings. The van der Waals surface area contributed by atoms with Crippen molar-refractivity contribution in [2.75, 3.05) is 18.4 Å². The highest BCUT2D eigenvalue weighted by Crippen LogP contribution is 2.37. The molecule has 1 aliphatic rings. The van der Waals surface area contributed by atoms with E-state index in [1.807, 2.05) is 82.3 Å². The molecule has 240 valence electrons. The van der Waals surface area contributed by atoms with Crippen LogP contribution in [0.15, 0.2) is 85.3 Å². The van der Waals surface area contributed by atoms with Crippen LogP contribution in [0.5, 0.6) is 11.6 Å². The number of carbonyl (C=O) groups is 2. The number of rotatable bonds is 8. The number of carbonyl (C=O) groups excluding carboxylic acids is 2. The van der Waals surface area contributed by atoms with Crippen molar-refractivity contribution in [3.63, 3.8) is 0 Å². The normalized spacial score (nSPS) is 14.9. The van der Waals surface area contributed by atoms with Gasteiger partial charge in [0.05, 0.1) is 11.3 Å². The molecule has 10 nitrogen and oxygen atoms in total. The summed E-state index contributed by atoms with van der Waals surface area (Å²) in [5.74, 6) is 1.46. The Morgan fingerprint density at radius 2 is 1.77 bits per heavy atom. The van der Waals surface area contributed by atoms with Gasteiger partial charge in [-0.1, -0.05) is 36.4 Å². The molecule has 0 saturated carbocycles. The highest BCUT2D eigenvalue weighted by molar-refractivity contribution is 6.00. The molecule has 0 aliphatic carbocycles. The predicted molar refractivity (Wildman–Crippen MR) is 181 cm³/mol. The van der Waals surface area contributed by atoms with Crippen molar-refractivity contribution in [1.82, 2.24) is 24.8 Å². The number of pyridine rings is 2. The molecule has 6 rings (SSSR count). The first kappa shape index (κ1) is 31.6. The van der Waals surface area contributed by atoms with Crippen molar-refractivity contribution in [1.29, 1.82) is 0 Å². The molecule has 4 heterocycles. The number of nitrogens with one attached hydrogen (secondary N) is 1. The number of ketones is 1. The summed E-state index contributed by atoms with van der Waals surface area (Å²) in [6.45, 7) is 8.74. The molecule has 1 amide bonds. The second kappa shape index (κ2) is 13.5. The number of nitrogens with zero attached hydrogens (tertiary/aromatic N) is 5. The zero-order valence-electron chi connectivity index (χ0n) is 27.1. The second-order valence-electron chi connectivity index (χ2n) is 12.7. The maximum atomic E-state index is 13.0. The van der Waals surface area contributed by atoms with Crippen molar-refractivity contribution >= 4 is 28.6 Å². The number of likely N-dealkylation sites (tertiary alicyclic amines) is 1. The number of benzene rings is 2. The number of amides is 1. The minimum Gasteiger partial charge on any atom is -0.444 e. The predicted octanol–water partition coefficient (Wildman–Crippen LogP) is 7.42. The highest BCUT2D eigenvalue weighted by Gasteiger charge is 2.28. The fraction of sp³-hybridized carbons (Fsp3) is 0.297. The Bertz CT molecular complexity index is 1910. The van der Waals surface area contributed by atoms with Gasteiger partial charge in [-0.25, -0.2) is 19.7 Å². The Morgan fingerprint density at radius 1 is 0.915 bits per heavy atom. The third-order valence-corrected chi connectivity index (χ3v) is 7.91. The van der Waals surface area contributed by atoms with Crippen LogP contribution in [-0.4, -0.2) is 61.4 Å². The van der Waals surface area contributed by atoms with Gasteiger partial charge in [-0.2, -0.15) is 0 Å². The van der Waals surface area contributed by atoms with Crippen LogP contribution in [-0.2, 0) is 11.2 Å². The number of ether oxygens (including phenoxy) is 2. The van der Waals surface area contributed by atoms with Crippen molar-refractivity contribution in [3.05, 3.63) is 102 Å².